The van der Waals surface area contributed by atoms with Crippen LogP contribution >= 0.6 is 11.6 Å². The summed E-state index contributed by atoms with van der Waals surface area (Å²) in [6, 6.07) is 17.1. The molecule has 0 aliphatic carbocycles. The van der Waals surface area contributed by atoms with Crippen molar-refractivity contribution in [2.24, 2.45) is 0 Å². The number of benzene rings is 2. The number of rotatable bonds is 7. The number of pyridine rings is 2. The van der Waals surface area contributed by atoms with Crippen LogP contribution in [0.1, 0.15) is 43.9 Å². The Balaban J connectivity index is 1.27. The molecule has 5 nitrogen and oxygen atoms in total. The van der Waals surface area contributed by atoms with E-state index in [2.05, 4.69) is 50.6 Å². The van der Waals surface area contributed by atoms with Crippen LogP contribution in [0.2, 0.25) is 5.02 Å². The van der Waals surface area contributed by atoms with Gasteiger partial charge in [-0.15, -0.1) is 0 Å². The molecule has 0 radical (unpaired) electrons. The molecule has 5 aromatic rings. The van der Waals surface area contributed by atoms with Gasteiger partial charge in [0.15, 0.2) is 0 Å². The summed E-state index contributed by atoms with van der Waals surface area (Å²) < 4.78 is 14.5. The van der Waals surface area contributed by atoms with Crippen LogP contribution in [0.15, 0.2) is 79.4 Å². The summed E-state index contributed by atoms with van der Waals surface area (Å²) in [7, 11) is 0. The van der Waals surface area contributed by atoms with Gasteiger partial charge < -0.3 is 10.3 Å². The van der Waals surface area contributed by atoms with Crippen LogP contribution in [0.3, 0.4) is 0 Å². The van der Waals surface area contributed by atoms with Crippen molar-refractivity contribution < 1.29 is 9.18 Å². The van der Waals surface area contributed by atoms with Crippen molar-refractivity contribution in [3.8, 4) is 0 Å². The van der Waals surface area contributed by atoms with Crippen LogP contribution in [-0.4, -0.2) is 20.9 Å². The SMILES string of the molecule is Cc1c(C(=O)NCc2cc3c(Cl)c[nH]c3cc2F)ccnc1Cc1ccc(Cc2cccnc2)cc1. The zero-order chi connectivity index (χ0) is 25.1. The van der Waals surface area contributed by atoms with Crippen molar-refractivity contribution in [1.29, 1.82) is 0 Å². The molecular formula is C29H24ClFN4O. The number of aromatic nitrogens is 3. The average molecular weight is 499 g/mol. The van der Waals surface area contributed by atoms with Crippen molar-refractivity contribution in [3.63, 3.8) is 0 Å². The van der Waals surface area contributed by atoms with Crippen molar-refractivity contribution in [3.05, 3.63) is 129 Å². The normalized spacial score (nSPS) is 11.1. The summed E-state index contributed by atoms with van der Waals surface area (Å²) in [5, 5.41) is 4.06. The Hall–Kier alpha value is -4.03. The Kier molecular flexibility index (Phi) is 6.78. The molecule has 0 aliphatic rings. The first kappa shape index (κ1) is 23.7. The first-order chi connectivity index (χ1) is 17.5. The summed E-state index contributed by atoms with van der Waals surface area (Å²) in [6.07, 6.45) is 8.33. The number of carbonyl (C=O) groups is 1. The molecule has 3 heterocycles. The number of halogens is 2. The highest BCUT2D eigenvalue weighted by atomic mass is 35.5. The number of fused-ring (bicyclic) bond motifs is 1. The second kappa shape index (κ2) is 10.3. The van der Waals surface area contributed by atoms with Crippen LogP contribution in [0.4, 0.5) is 4.39 Å². The van der Waals surface area contributed by atoms with E-state index in [0.29, 0.717) is 28.1 Å². The minimum atomic E-state index is -0.402. The molecule has 1 amide bonds. The van der Waals surface area contributed by atoms with E-state index in [1.165, 1.54) is 11.6 Å². The Morgan fingerprint density at radius 3 is 2.56 bits per heavy atom. The van der Waals surface area contributed by atoms with Gasteiger partial charge >= 0.3 is 0 Å². The van der Waals surface area contributed by atoms with Gasteiger partial charge in [-0.3, -0.25) is 14.8 Å². The Bertz CT molecular complexity index is 1530. The van der Waals surface area contributed by atoms with E-state index in [1.807, 2.05) is 19.2 Å². The van der Waals surface area contributed by atoms with Gasteiger partial charge in [0.05, 0.1) is 5.02 Å². The smallest absolute Gasteiger partial charge is 0.251 e. The van der Waals surface area contributed by atoms with Gasteiger partial charge in [0.2, 0.25) is 0 Å². The lowest BCUT2D eigenvalue weighted by Gasteiger charge is -2.12. The number of H-pyrrole nitrogens is 1. The van der Waals surface area contributed by atoms with E-state index < -0.39 is 5.82 Å². The van der Waals surface area contributed by atoms with E-state index in [0.717, 1.165) is 34.2 Å². The molecule has 36 heavy (non-hydrogen) atoms. The minimum absolute atomic E-state index is 0.0532. The molecular weight excluding hydrogens is 475 g/mol. The molecule has 0 fully saturated rings. The van der Waals surface area contributed by atoms with Crippen LogP contribution in [0.25, 0.3) is 10.9 Å². The average Bonchev–Trinajstić information content (AvgIpc) is 3.24. The lowest BCUT2D eigenvalue weighted by Crippen LogP contribution is -2.24. The number of nitrogens with zero attached hydrogens (tertiary/aromatic N) is 2. The third kappa shape index (κ3) is 5.14. The Labute approximate surface area is 213 Å². The fraction of sp³-hybridized carbons (Fsp3) is 0.138. The van der Waals surface area contributed by atoms with Gasteiger partial charge in [-0.2, -0.15) is 0 Å². The molecule has 0 spiro atoms. The maximum Gasteiger partial charge on any atom is 0.251 e. The molecule has 3 aromatic heterocycles. The van der Waals surface area contributed by atoms with E-state index in [9.17, 15) is 9.18 Å². The molecule has 2 aromatic carbocycles. The third-order valence-electron chi connectivity index (χ3n) is 6.32. The third-order valence-corrected chi connectivity index (χ3v) is 6.63. The largest absolute Gasteiger partial charge is 0.360 e. The van der Waals surface area contributed by atoms with Gasteiger partial charge in [0.1, 0.15) is 5.82 Å². The number of nitrogens with one attached hydrogen (secondary N) is 2. The highest BCUT2D eigenvalue weighted by Gasteiger charge is 2.15. The number of carbonyl (C=O) groups excluding carboxylic acids is 1. The highest BCUT2D eigenvalue weighted by Crippen LogP contribution is 2.26. The van der Waals surface area contributed by atoms with Gasteiger partial charge in [0.25, 0.3) is 5.91 Å². The van der Waals surface area contributed by atoms with Crippen LogP contribution < -0.4 is 5.32 Å². The minimum Gasteiger partial charge on any atom is -0.360 e. The fourth-order valence-electron chi connectivity index (χ4n) is 4.27. The Morgan fingerprint density at radius 1 is 1.03 bits per heavy atom. The second-order valence-corrected chi connectivity index (χ2v) is 9.18. The zero-order valence-electron chi connectivity index (χ0n) is 19.7. The lowest BCUT2D eigenvalue weighted by atomic mass is 9.99. The standard InChI is InChI=1S/C29H24ClFN4O/c1-18-23(29(36)35-16-22-13-24-25(30)17-34-28(24)14-26(22)31)8-10-33-27(18)12-20-6-4-19(5-7-20)11-21-3-2-9-32-15-21/h2-10,13-15,17,34H,11-12,16H2,1H3,(H,35,36). The number of amides is 1. The summed E-state index contributed by atoms with van der Waals surface area (Å²) in [4.78, 5) is 24.6. The van der Waals surface area contributed by atoms with Gasteiger partial charge in [0, 0.05) is 65.5 Å². The van der Waals surface area contributed by atoms with Crippen molar-refractivity contribution in [1.82, 2.24) is 20.3 Å². The number of hydrogen-bond donors (Lipinski definition) is 2. The quantitative estimate of drug-likeness (QED) is 0.282. The van der Waals surface area contributed by atoms with E-state index >= 15 is 0 Å². The topological polar surface area (TPSA) is 70.7 Å². The summed E-state index contributed by atoms with van der Waals surface area (Å²) in [5.41, 5.74) is 6.62. The lowest BCUT2D eigenvalue weighted by molar-refractivity contribution is 0.0949. The Morgan fingerprint density at radius 2 is 1.81 bits per heavy atom. The maximum atomic E-state index is 14.5. The molecule has 5 rings (SSSR count). The molecule has 180 valence electrons. The van der Waals surface area contributed by atoms with Crippen LogP contribution in [0.5, 0.6) is 0 Å². The van der Waals surface area contributed by atoms with E-state index in [1.54, 1.807) is 30.7 Å². The second-order valence-electron chi connectivity index (χ2n) is 8.77. The molecule has 0 unspecified atom stereocenters. The molecule has 0 saturated carbocycles. The van der Waals surface area contributed by atoms with E-state index in [4.69, 9.17) is 11.6 Å². The summed E-state index contributed by atoms with van der Waals surface area (Å²) in [6.45, 7) is 1.94. The van der Waals surface area contributed by atoms with Crippen LogP contribution in [0, 0.1) is 12.7 Å². The van der Waals surface area contributed by atoms with Crippen molar-refractivity contribution >= 4 is 28.4 Å². The molecule has 0 bridgehead atoms. The first-order valence-corrected chi connectivity index (χ1v) is 12.0. The summed E-state index contributed by atoms with van der Waals surface area (Å²) >= 11 is 6.15. The predicted octanol–water partition coefficient (Wildman–Crippen LogP) is 6.17. The van der Waals surface area contributed by atoms with Gasteiger partial charge in [-0.05, 0) is 59.9 Å². The molecule has 2 N–H and O–H groups in total. The van der Waals surface area contributed by atoms with Crippen molar-refractivity contribution in [2.45, 2.75) is 26.3 Å². The first-order valence-electron chi connectivity index (χ1n) is 11.6. The molecule has 0 saturated heterocycles. The number of hydrogen-bond acceptors (Lipinski definition) is 3. The van der Waals surface area contributed by atoms with Crippen LogP contribution in [-0.2, 0) is 19.4 Å². The molecule has 7 heteroatoms. The van der Waals surface area contributed by atoms with E-state index in [-0.39, 0.29) is 12.5 Å². The maximum absolute atomic E-state index is 14.5. The molecule has 0 aliphatic heterocycles. The monoisotopic (exact) mass is 498 g/mol. The fourth-order valence-corrected chi connectivity index (χ4v) is 4.48. The number of aromatic amines is 1. The van der Waals surface area contributed by atoms with Gasteiger partial charge in [-0.25, -0.2) is 4.39 Å². The van der Waals surface area contributed by atoms with Crippen molar-refractivity contribution in [2.75, 3.05) is 0 Å². The molecule has 0 atom stereocenters. The van der Waals surface area contributed by atoms with Gasteiger partial charge in [-0.1, -0.05) is 41.9 Å². The summed E-state index contributed by atoms with van der Waals surface area (Å²) in [5.74, 6) is -0.678. The predicted molar refractivity (Wildman–Crippen MR) is 140 cm³/mol. The highest BCUT2D eigenvalue weighted by molar-refractivity contribution is 6.35. The zero-order valence-corrected chi connectivity index (χ0v) is 20.4.